The van der Waals surface area contributed by atoms with Crippen LogP contribution in [-0.4, -0.2) is 28.8 Å². The van der Waals surface area contributed by atoms with Crippen LogP contribution >= 0.6 is 11.6 Å². The molecule has 0 aliphatic carbocycles. The zero-order valence-electron chi connectivity index (χ0n) is 15.0. The van der Waals surface area contributed by atoms with Crippen molar-refractivity contribution >= 4 is 23.2 Å². The van der Waals surface area contributed by atoms with Gasteiger partial charge in [0.1, 0.15) is 5.02 Å². The smallest absolute Gasteiger partial charge is 0.288 e. The number of piperidine rings is 1. The molecule has 1 aliphatic heterocycles. The van der Waals surface area contributed by atoms with Gasteiger partial charge >= 0.3 is 0 Å². The number of hydrogen-bond acceptors (Lipinski definition) is 4. The van der Waals surface area contributed by atoms with Crippen molar-refractivity contribution < 1.29 is 9.72 Å². The predicted octanol–water partition coefficient (Wildman–Crippen LogP) is 4.16. The second-order valence-electron chi connectivity index (χ2n) is 6.76. The van der Waals surface area contributed by atoms with Crippen molar-refractivity contribution in [1.29, 1.82) is 0 Å². The van der Waals surface area contributed by atoms with E-state index in [-0.39, 0.29) is 22.2 Å². The molecule has 3 rings (SSSR count). The number of hydrogen-bond donors (Lipinski definition) is 1. The first-order valence-corrected chi connectivity index (χ1v) is 9.43. The highest BCUT2D eigenvalue weighted by Crippen LogP contribution is 2.25. The fourth-order valence-electron chi connectivity index (χ4n) is 3.29. The van der Waals surface area contributed by atoms with Gasteiger partial charge in [-0.05, 0) is 49.2 Å². The number of amides is 1. The summed E-state index contributed by atoms with van der Waals surface area (Å²) in [6, 6.07) is 12.2. The predicted molar refractivity (Wildman–Crippen MR) is 105 cm³/mol. The van der Waals surface area contributed by atoms with Crippen LogP contribution in [0.3, 0.4) is 0 Å². The minimum Gasteiger partial charge on any atom is -0.348 e. The van der Waals surface area contributed by atoms with Gasteiger partial charge in [-0.1, -0.05) is 42.3 Å². The lowest BCUT2D eigenvalue weighted by molar-refractivity contribution is -0.384. The standard InChI is InChI=1S/C20H22ClN3O3/c21-18-8-7-17(12-19(18)24(26)27)20(25)22-13-15-5-4-6-16(11-15)14-23-9-2-1-3-10-23/h4-8,11-12H,1-3,9-10,13-14H2,(H,22,25). The summed E-state index contributed by atoms with van der Waals surface area (Å²) in [5, 5.41) is 13.8. The van der Waals surface area contributed by atoms with Crippen molar-refractivity contribution in [2.75, 3.05) is 13.1 Å². The van der Waals surface area contributed by atoms with E-state index < -0.39 is 4.92 Å². The first-order chi connectivity index (χ1) is 13.0. The number of rotatable bonds is 6. The topological polar surface area (TPSA) is 75.5 Å². The van der Waals surface area contributed by atoms with Crippen LogP contribution in [0.15, 0.2) is 42.5 Å². The normalized spacial score (nSPS) is 14.7. The van der Waals surface area contributed by atoms with E-state index in [2.05, 4.69) is 22.3 Å². The summed E-state index contributed by atoms with van der Waals surface area (Å²) in [6.45, 7) is 3.56. The Balaban J connectivity index is 1.61. The third kappa shape index (κ3) is 5.28. The van der Waals surface area contributed by atoms with Crippen LogP contribution in [0.4, 0.5) is 5.69 Å². The molecule has 1 fully saturated rings. The Bertz CT molecular complexity index is 835. The number of likely N-dealkylation sites (tertiary alicyclic amines) is 1. The molecule has 0 spiro atoms. The molecule has 1 N–H and O–H groups in total. The fraction of sp³-hybridized carbons (Fsp3) is 0.350. The van der Waals surface area contributed by atoms with E-state index in [1.807, 2.05) is 12.1 Å². The second kappa shape index (κ2) is 8.97. The van der Waals surface area contributed by atoms with Crippen LogP contribution in [0.5, 0.6) is 0 Å². The van der Waals surface area contributed by atoms with Crippen LogP contribution in [0.25, 0.3) is 0 Å². The number of carbonyl (C=O) groups is 1. The molecular weight excluding hydrogens is 366 g/mol. The van der Waals surface area contributed by atoms with Gasteiger partial charge in [-0.2, -0.15) is 0 Å². The van der Waals surface area contributed by atoms with E-state index in [0.29, 0.717) is 6.54 Å². The number of nitrogens with one attached hydrogen (secondary N) is 1. The van der Waals surface area contributed by atoms with Crippen LogP contribution in [0.1, 0.15) is 40.7 Å². The fourth-order valence-corrected chi connectivity index (χ4v) is 3.48. The third-order valence-corrected chi connectivity index (χ3v) is 5.02. The summed E-state index contributed by atoms with van der Waals surface area (Å²) < 4.78 is 0. The third-order valence-electron chi connectivity index (χ3n) is 4.70. The molecule has 7 heteroatoms. The Morgan fingerprint density at radius 2 is 1.85 bits per heavy atom. The Hall–Kier alpha value is -2.44. The zero-order chi connectivity index (χ0) is 19.2. The Labute approximate surface area is 163 Å². The van der Waals surface area contributed by atoms with E-state index >= 15 is 0 Å². The van der Waals surface area contributed by atoms with Gasteiger partial charge in [0.25, 0.3) is 11.6 Å². The molecule has 1 amide bonds. The molecule has 0 bridgehead atoms. The average Bonchev–Trinajstić information content (AvgIpc) is 2.67. The second-order valence-corrected chi connectivity index (χ2v) is 7.17. The zero-order valence-corrected chi connectivity index (χ0v) is 15.7. The van der Waals surface area contributed by atoms with Crippen LogP contribution in [0.2, 0.25) is 5.02 Å². The van der Waals surface area contributed by atoms with Crippen molar-refractivity contribution in [2.24, 2.45) is 0 Å². The molecule has 6 nitrogen and oxygen atoms in total. The SMILES string of the molecule is O=C(NCc1cccc(CN2CCCCC2)c1)c1ccc(Cl)c([N+](=O)[O-])c1. The Kier molecular flexibility index (Phi) is 6.42. The summed E-state index contributed by atoms with van der Waals surface area (Å²) in [5.74, 6) is -0.365. The van der Waals surface area contributed by atoms with Gasteiger partial charge in [0, 0.05) is 24.7 Å². The van der Waals surface area contributed by atoms with Crippen LogP contribution in [0, 0.1) is 10.1 Å². The Morgan fingerprint density at radius 1 is 1.11 bits per heavy atom. The molecule has 2 aromatic rings. The molecule has 1 saturated heterocycles. The summed E-state index contributed by atoms with van der Waals surface area (Å²) >= 11 is 5.79. The molecule has 0 aromatic heterocycles. The van der Waals surface area contributed by atoms with Gasteiger partial charge in [-0.15, -0.1) is 0 Å². The van der Waals surface area contributed by atoms with E-state index in [0.717, 1.165) is 25.2 Å². The lowest BCUT2D eigenvalue weighted by Crippen LogP contribution is -2.29. The maximum Gasteiger partial charge on any atom is 0.288 e. The maximum absolute atomic E-state index is 12.3. The number of benzene rings is 2. The minimum atomic E-state index is -0.594. The first kappa shape index (κ1) is 19.3. The molecule has 1 aliphatic rings. The highest BCUT2D eigenvalue weighted by atomic mass is 35.5. The Morgan fingerprint density at radius 3 is 2.59 bits per heavy atom. The van der Waals surface area contributed by atoms with Crippen molar-refractivity contribution in [2.45, 2.75) is 32.4 Å². The molecule has 142 valence electrons. The quantitative estimate of drug-likeness (QED) is 0.596. The van der Waals surface area contributed by atoms with E-state index in [1.54, 1.807) is 0 Å². The molecule has 1 heterocycles. The van der Waals surface area contributed by atoms with E-state index in [4.69, 9.17) is 11.6 Å². The van der Waals surface area contributed by atoms with Gasteiger partial charge in [-0.3, -0.25) is 19.8 Å². The monoisotopic (exact) mass is 387 g/mol. The van der Waals surface area contributed by atoms with Crippen LogP contribution < -0.4 is 5.32 Å². The maximum atomic E-state index is 12.3. The molecule has 0 atom stereocenters. The molecule has 0 unspecified atom stereocenters. The van der Waals surface area contributed by atoms with Crippen molar-refractivity contribution in [3.05, 3.63) is 74.3 Å². The number of halogens is 1. The average molecular weight is 388 g/mol. The van der Waals surface area contributed by atoms with Crippen molar-refractivity contribution in [3.8, 4) is 0 Å². The van der Waals surface area contributed by atoms with Gasteiger partial charge in [0.2, 0.25) is 0 Å². The highest BCUT2D eigenvalue weighted by Gasteiger charge is 2.16. The molecular formula is C20H22ClN3O3. The van der Waals surface area contributed by atoms with Gasteiger partial charge in [0.15, 0.2) is 0 Å². The summed E-state index contributed by atoms with van der Waals surface area (Å²) in [6.07, 6.45) is 3.82. The minimum absolute atomic E-state index is 0.0157. The van der Waals surface area contributed by atoms with Crippen LogP contribution in [-0.2, 0) is 13.1 Å². The number of nitro groups is 1. The van der Waals surface area contributed by atoms with Crippen molar-refractivity contribution in [3.63, 3.8) is 0 Å². The van der Waals surface area contributed by atoms with Gasteiger partial charge in [0.05, 0.1) is 4.92 Å². The van der Waals surface area contributed by atoms with E-state index in [9.17, 15) is 14.9 Å². The number of nitrogens with zero attached hydrogens (tertiary/aromatic N) is 2. The highest BCUT2D eigenvalue weighted by molar-refractivity contribution is 6.32. The lowest BCUT2D eigenvalue weighted by atomic mass is 10.1. The lowest BCUT2D eigenvalue weighted by Gasteiger charge is -2.26. The summed E-state index contributed by atoms with van der Waals surface area (Å²) in [7, 11) is 0. The molecule has 27 heavy (non-hydrogen) atoms. The number of carbonyl (C=O) groups excluding carboxylic acids is 1. The molecule has 2 aromatic carbocycles. The van der Waals surface area contributed by atoms with Crippen molar-refractivity contribution in [1.82, 2.24) is 10.2 Å². The summed E-state index contributed by atoms with van der Waals surface area (Å²) in [4.78, 5) is 25.1. The summed E-state index contributed by atoms with van der Waals surface area (Å²) in [5.41, 5.74) is 2.18. The largest absolute Gasteiger partial charge is 0.348 e. The molecule has 0 radical (unpaired) electrons. The first-order valence-electron chi connectivity index (χ1n) is 9.05. The number of nitro benzene ring substituents is 1. The van der Waals surface area contributed by atoms with E-state index in [1.165, 1.54) is 43.0 Å². The van der Waals surface area contributed by atoms with Gasteiger partial charge < -0.3 is 5.32 Å². The van der Waals surface area contributed by atoms with Gasteiger partial charge in [-0.25, -0.2) is 0 Å². The molecule has 0 saturated carbocycles.